The lowest BCUT2D eigenvalue weighted by Crippen LogP contribution is -2.37. The molecule has 0 saturated carbocycles. The van der Waals surface area contributed by atoms with Crippen molar-refractivity contribution in [1.29, 1.82) is 0 Å². The lowest BCUT2D eigenvalue weighted by molar-refractivity contribution is -0.253. The van der Waals surface area contributed by atoms with Gasteiger partial charge in [0.2, 0.25) is 5.91 Å². The molecule has 31 heavy (non-hydrogen) atoms. The van der Waals surface area contributed by atoms with Crippen molar-refractivity contribution in [2.45, 2.75) is 31.6 Å². The predicted octanol–water partition coefficient (Wildman–Crippen LogP) is 3.19. The average molecular weight is 513 g/mol. The number of ether oxygens (including phenoxy) is 1. The van der Waals surface area contributed by atoms with E-state index in [9.17, 15) is 19.2 Å². The van der Waals surface area contributed by atoms with Gasteiger partial charge in [0.1, 0.15) is 23.3 Å². The number of anilines is 1. The molecular formula is C20H21BrN2O7S. The number of carbonyl (C=O) groups is 3. The molecule has 2 N–H and O–H groups in total. The zero-order valence-electron chi connectivity index (χ0n) is 17.2. The van der Waals surface area contributed by atoms with Gasteiger partial charge in [-0.05, 0) is 54.4 Å². The van der Waals surface area contributed by atoms with Crippen LogP contribution in [0.15, 0.2) is 34.3 Å². The second kappa shape index (κ2) is 10.6. The van der Waals surface area contributed by atoms with E-state index in [4.69, 9.17) is 4.74 Å². The molecule has 1 aromatic carbocycles. The lowest BCUT2D eigenvalue weighted by atomic mass is 10.1. The van der Waals surface area contributed by atoms with Crippen molar-refractivity contribution in [2.75, 3.05) is 19.0 Å². The highest BCUT2D eigenvalue weighted by Crippen LogP contribution is 2.49. The summed E-state index contributed by atoms with van der Waals surface area (Å²) < 4.78 is 5.50. The molecule has 1 aromatic rings. The third-order valence-corrected chi connectivity index (χ3v) is 6.07. The molecule has 0 radical (unpaired) electrons. The number of alkyl carbamates (subject to hydrolysis) is 1. The number of thioether (sulfide) groups is 1. The maximum atomic E-state index is 12.0. The maximum absolute atomic E-state index is 12.0. The van der Waals surface area contributed by atoms with Crippen molar-refractivity contribution in [1.82, 2.24) is 5.32 Å². The van der Waals surface area contributed by atoms with E-state index in [0.29, 0.717) is 20.6 Å². The van der Waals surface area contributed by atoms with Gasteiger partial charge < -0.3 is 15.4 Å². The SMILES string of the molecule is COOC(=O)C1SC(c2ccc(NC(=O)CNC(=O)OC(C)(C)C)cc2)=C(Br)C1=C=O. The molecular weight excluding hydrogens is 492 g/mol. The Morgan fingerprint density at radius 2 is 1.84 bits per heavy atom. The first-order chi connectivity index (χ1) is 14.6. The van der Waals surface area contributed by atoms with Crippen LogP contribution in [0.2, 0.25) is 0 Å². The van der Waals surface area contributed by atoms with Gasteiger partial charge in [0.25, 0.3) is 0 Å². The van der Waals surface area contributed by atoms with Gasteiger partial charge in [0.05, 0.1) is 12.7 Å². The quantitative estimate of drug-likeness (QED) is 0.338. The summed E-state index contributed by atoms with van der Waals surface area (Å²) in [5.41, 5.74) is 0.673. The van der Waals surface area contributed by atoms with Crippen LogP contribution in [0.4, 0.5) is 10.5 Å². The van der Waals surface area contributed by atoms with E-state index in [1.807, 2.05) is 0 Å². The Morgan fingerprint density at radius 3 is 2.39 bits per heavy atom. The second-order valence-electron chi connectivity index (χ2n) is 7.21. The van der Waals surface area contributed by atoms with Crippen LogP contribution >= 0.6 is 27.7 Å². The number of nitrogens with one attached hydrogen (secondary N) is 2. The van der Waals surface area contributed by atoms with Crippen LogP contribution in [0, 0.1) is 0 Å². The Hall–Kier alpha value is -2.59. The molecule has 0 spiro atoms. The van der Waals surface area contributed by atoms with Gasteiger partial charge in [0, 0.05) is 15.1 Å². The summed E-state index contributed by atoms with van der Waals surface area (Å²) in [4.78, 5) is 56.5. The maximum Gasteiger partial charge on any atom is 0.408 e. The molecule has 1 atom stereocenters. The highest BCUT2D eigenvalue weighted by Gasteiger charge is 2.38. The number of halogens is 1. The molecule has 2 rings (SSSR count). The molecule has 0 bridgehead atoms. The first-order valence-corrected chi connectivity index (χ1v) is 10.7. The molecule has 1 aliphatic rings. The van der Waals surface area contributed by atoms with Gasteiger partial charge in [-0.25, -0.2) is 14.4 Å². The van der Waals surface area contributed by atoms with Crippen LogP contribution in [-0.2, 0) is 28.9 Å². The number of allylic oxidation sites excluding steroid dienone is 1. The van der Waals surface area contributed by atoms with E-state index in [2.05, 4.69) is 36.3 Å². The lowest BCUT2D eigenvalue weighted by Gasteiger charge is -2.19. The van der Waals surface area contributed by atoms with Crippen LogP contribution in [-0.4, -0.2) is 48.4 Å². The molecule has 166 valence electrons. The fraction of sp³-hybridized carbons (Fsp3) is 0.350. The molecule has 2 amide bonds. The molecule has 0 aliphatic carbocycles. The average Bonchev–Trinajstić information content (AvgIpc) is 3.02. The van der Waals surface area contributed by atoms with Crippen molar-refractivity contribution in [2.24, 2.45) is 0 Å². The van der Waals surface area contributed by atoms with Crippen LogP contribution in [0.3, 0.4) is 0 Å². The summed E-state index contributed by atoms with van der Waals surface area (Å²) in [6.45, 7) is 4.92. The Kier molecular flexibility index (Phi) is 8.46. The molecule has 0 aromatic heterocycles. The summed E-state index contributed by atoms with van der Waals surface area (Å²) in [5, 5.41) is 4.12. The van der Waals surface area contributed by atoms with Gasteiger partial charge in [0.15, 0.2) is 0 Å². The number of carbonyl (C=O) groups excluding carboxylic acids is 4. The summed E-state index contributed by atoms with van der Waals surface area (Å²) in [6, 6.07) is 6.74. The summed E-state index contributed by atoms with van der Waals surface area (Å²) in [7, 11) is 1.20. The monoisotopic (exact) mass is 512 g/mol. The van der Waals surface area contributed by atoms with Crippen LogP contribution < -0.4 is 10.6 Å². The number of rotatable bonds is 6. The van der Waals surface area contributed by atoms with Crippen molar-refractivity contribution in [3.63, 3.8) is 0 Å². The minimum Gasteiger partial charge on any atom is -0.444 e. The number of hydrogen-bond donors (Lipinski definition) is 2. The van der Waals surface area contributed by atoms with E-state index >= 15 is 0 Å². The number of hydrogen-bond acceptors (Lipinski definition) is 8. The minimum absolute atomic E-state index is 0.118. The van der Waals surface area contributed by atoms with E-state index in [1.54, 1.807) is 51.0 Å². The van der Waals surface area contributed by atoms with Gasteiger partial charge in [-0.15, -0.1) is 11.8 Å². The standard InChI is InChI=1S/C20H21BrN2O7S/c1-20(2,3)29-19(27)22-9-14(25)23-12-7-5-11(6-8-12)16-15(21)13(10-24)17(31-16)18(26)30-28-4/h5-8,17H,9H2,1-4H3,(H,22,27)(H,23,25). The third kappa shape index (κ3) is 6.96. The normalized spacial score (nSPS) is 15.9. The largest absolute Gasteiger partial charge is 0.444 e. The Bertz CT molecular complexity index is 947. The molecule has 9 nitrogen and oxygen atoms in total. The summed E-state index contributed by atoms with van der Waals surface area (Å²) >= 11 is 4.45. The van der Waals surface area contributed by atoms with Crippen molar-refractivity contribution in [3.8, 4) is 0 Å². The van der Waals surface area contributed by atoms with E-state index in [1.165, 1.54) is 7.11 Å². The van der Waals surface area contributed by atoms with Crippen molar-refractivity contribution in [3.05, 3.63) is 39.9 Å². The van der Waals surface area contributed by atoms with Crippen LogP contribution in [0.25, 0.3) is 4.91 Å². The van der Waals surface area contributed by atoms with Crippen LogP contribution in [0.1, 0.15) is 26.3 Å². The third-order valence-electron chi connectivity index (χ3n) is 3.65. The Morgan fingerprint density at radius 1 is 1.19 bits per heavy atom. The van der Waals surface area contributed by atoms with Crippen molar-refractivity contribution < 1.29 is 33.7 Å². The van der Waals surface area contributed by atoms with E-state index in [0.717, 1.165) is 11.8 Å². The molecule has 11 heteroatoms. The summed E-state index contributed by atoms with van der Waals surface area (Å²) in [5.74, 6) is 0.609. The van der Waals surface area contributed by atoms with Gasteiger partial charge in [-0.2, -0.15) is 4.89 Å². The fourth-order valence-electron chi connectivity index (χ4n) is 2.43. The van der Waals surface area contributed by atoms with Gasteiger partial charge in [-0.3, -0.25) is 9.68 Å². The van der Waals surface area contributed by atoms with Crippen molar-refractivity contribution >= 4 is 62.2 Å². The zero-order valence-corrected chi connectivity index (χ0v) is 19.6. The predicted molar refractivity (Wildman–Crippen MR) is 119 cm³/mol. The van der Waals surface area contributed by atoms with E-state index in [-0.39, 0.29) is 12.1 Å². The topological polar surface area (TPSA) is 120 Å². The smallest absolute Gasteiger partial charge is 0.408 e. The van der Waals surface area contributed by atoms with Crippen LogP contribution in [0.5, 0.6) is 0 Å². The molecule has 0 fully saturated rings. The first-order valence-electron chi connectivity index (χ1n) is 8.99. The number of benzene rings is 1. The second-order valence-corrected chi connectivity index (χ2v) is 9.12. The molecule has 0 saturated heterocycles. The van der Waals surface area contributed by atoms with Gasteiger partial charge in [-0.1, -0.05) is 12.1 Å². The zero-order chi connectivity index (χ0) is 23.2. The Labute approximate surface area is 191 Å². The summed E-state index contributed by atoms with van der Waals surface area (Å²) in [6.07, 6.45) is -0.686. The number of amides is 2. The fourth-order valence-corrected chi connectivity index (χ4v) is 4.54. The molecule has 1 heterocycles. The molecule has 1 aliphatic heterocycles. The highest BCUT2D eigenvalue weighted by atomic mass is 79.9. The molecule has 1 unspecified atom stereocenters. The van der Waals surface area contributed by atoms with Gasteiger partial charge >= 0.3 is 12.1 Å². The van der Waals surface area contributed by atoms with E-state index < -0.39 is 28.8 Å². The highest BCUT2D eigenvalue weighted by molar-refractivity contribution is 9.12. The minimum atomic E-state index is -0.903. The first kappa shape index (κ1) is 24.7. The Balaban J connectivity index is 2.01.